The molecule has 1 aromatic heterocycles. The normalized spacial score (nSPS) is 19.8. The summed E-state index contributed by atoms with van der Waals surface area (Å²) < 4.78 is 13.7. The third-order valence-corrected chi connectivity index (χ3v) is 7.47. The van der Waals surface area contributed by atoms with Gasteiger partial charge in [-0.1, -0.05) is 24.6 Å². The molecule has 12 heteroatoms. The predicted molar refractivity (Wildman–Crippen MR) is 140 cm³/mol. The second-order valence-corrected chi connectivity index (χ2v) is 9.95. The zero-order chi connectivity index (χ0) is 26.5. The number of nitrogens with zero attached hydrogens (tertiary/aromatic N) is 5. The number of phenols is 1. The molecule has 37 heavy (non-hydrogen) atoms. The molecular weight excluding hydrogens is 501 g/mol. The van der Waals surface area contributed by atoms with Crippen molar-refractivity contribution in [3.8, 4) is 5.75 Å². The Morgan fingerprint density at radius 2 is 2.00 bits per heavy atom. The van der Waals surface area contributed by atoms with Crippen molar-refractivity contribution in [2.75, 3.05) is 56.5 Å². The number of hydrogen-bond donors (Lipinski definition) is 4. The van der Waals surface area contributed by atoms with Gasteiger partial charge in [-0.25, -0.2) is 14.4 Å². The maximum Gasteiger partial charge on any atom is 0.273 e. The standard InChI is InChI=1S/C25H35ClFN7O3/c1-2-17-15-33(24-22(26)30-21(23(28)31-24)25(37)29-7-12-35)10-11-34(17)18-5-8-32(9-6-18)14-16-3-4-20(36)19(27)13-16/h3-4,13,17-18,35-36H,2,5-12,14-15H2,1H3,(H2,28,31)(H,29,37)/t17-/m0/s1. The maximum atomic E-state index is 13.7. The van der Waals surface area contributed by atoms with Crippen molar-refractivity contribution in [1.29, 1.82) is 0 Å². The van der Waals surface area contributed by atoms with E-state index in [2.05, 4.69) is 36.9 Å². The van der Waals surface area contributed by atoms with Crippen molar-refractivity contribution in [3.05, 3.63) is 40.4 Å². The second kappa shape index (κ2) is 12.2. The van der Waals surface area contributed by atoms with Gasteiger partial charge < -0.3 is 26.2 Å². The molecule has 2 aliphatic heterocycles. The number of rotatable bonds is 8. The van der Waals surface area contributed by atoms with Gasteiger partial charge >= 0.3 is 0 Å². The number of likely N-dealkylation sites (tertiary alicyclic amines) is 1. The van der Waals surface area contributed by atoms with Crippen LogP contribution in [0.2, 0.25) is 5.15 Å². The highest BCUT2D eigenvalue weighted by Gasteiger charge is 2.34. The van der Waals surface area contributed by atoms with Crippen LogP contribution >= 0.6 is 11.6 Å². The topological polar surface area (TPSA) is 131 Å². The number of hydrogen-bond acceptors (Lipinski definition) is 9. The Bertz CT molecular complexity index is 1100. The molecule has 0 unspecified atom stereocenters. The molecule has 1 atom stereocenters. The molecule has 1 aromatic carbocycles. The van der Waals surface area contributed by atoms with Crippen LogP contribution in [0.5, 0.6) is 5.75 Å². The minimum absolute atomic E-state index is 0.00574. The lowest BCUT2D eigenvalue weighted by molar-refractivity contribution is 0.0610. The maximum absolute atomic E-state index is 13.7. The van der Waals surface area contributed by atoms with Crippen LogP contribution in [0.3, 0.4) is 0 Å². The van der Waals surface area contributed by atoms with Crippen LogP contribution in [-0.2, 0) is 6.54 Å². The average molecular weight is 536 g/mol. The van der Waals surface area contributed by atoms with Gasteiger partial charge in [0.05, 0.1) is 6.61 Å². The molecule has 2 aromatic rings. The van der Waals surface area contributed by atoms with Gasteiger partial charge in [0.25, 0.3) is 5.91 Å². The third kappa shape index (κ3) is 6.40. The molecule has 2 saturated heterocycles. The summed E-state index contributed by atoms with van der Waals surface area (Å²) in [7, 11) is 0. The number of nitrogens with one attached hydrogen (secondary N) is 1. The van der Waals surface area contributed by atoms with E-state index in [9.17, 15) is 14.3 Å². The zero-order valence-corrected chi connectivity index (χ0v) is 21.8. The van der Waals surface area contributed by atoms with Gasteiger partial charge in [0, 0.05) is 44.8 Å². The van der Waals surface area contributed by atoms with E-state index in [-0.39, 0.29) is 35.6 Å². The van der Waals surface area contributed by atoms with Crippen molar-refractivity contribution in [2.45, 2.75) is 44.8 Å². The molecular formula is C25H35ClFN7O3. The Balaban J connectivity index is 1.35. The smallest absolute Gasteiger partial charge is 0.273 e. The summed E-state index contributed by atoms with van der Waals surface area (Å²) in [6.07, 6.45) is 3.02. The van der Waals surface area contributed by atoms with Crippen molar-refractivity contribution in [2.24, 2.45) is 0 Å². The molecule has 202 valence electrons. The van der Waals surface area contributed by atoms with Crippen molar-refractivity contribution in [1.82, 2.24) is 25.1 Å². The number of anilines is 2. The van der Waals surface area contributed by atoms with E-state index in [1.807, 2.05) is 0 Å². The molecule has 0 saturated carbocycles. The van der Waals surface area contributed by atoms with Crippen molar-refractivity contribution >= 4 is 29.1 Å². The minimum Gasteiger partial charge on any atom is -0.505 e. The molecule has 5 N–H and O–H groups in total. The van der Waals surface area contributed by atoms with E-state index in [1.165, 1.54) is 12.1 Å². The number of nitrogens with two attached hydrogens (primary N) is 1. The molecule has 10 nitrogen and oxygen atoms in total. The van der Waals surface area contributed by atoms with Crippen LogP contribution in [0.15, 0.2) is 18.2 Å². The monoisotopic (exact) mass is 535 g/mol. The molecule has 0 aliphatic carbocycles. The number of amides is 1. The van der Waals surface area contributed by atoms with Crippen LogP contribution in [0.25, 0.3) is 0 Å². The average Bonchev–Trinajstić information content (AvgIpc) is 2.90. The molecule has 4 rings (SSSR count). The lowest BCUT2D eigenvalue weighted by Crippen LogP contribution is -2.58. The van der Waals surface area contributed by atoms with Crippen LogP contribution in [0, 0.1) is 5.82 Å². The molecule has 1 amide bonds. The van der Waals surface area contributed by atoms with Gasteiger partial charge in [0.1, 0.15) is 0 Å². The minimum atomic E-state index is -0.581. The molecule has 0 radical (unpaired) electrons. The Labute approximate surface area is 221 Å². The van der Waals surface area contributed by atoms with E-state index in [0.717, 1.165) is 51.0 Å². The molecule has 2 aliphatic rings. The number of phenolic OH excluding ortho intramolecular Hbond substituents is 1. The summed E-state index contributed by atoms with van der Waals surface area (Å²) in [6.45, 7) is 6.89. The summed E-state index contributed by atoms with van der Waals surface area (Å²) >= 11 is 6.43. The highest BCUT2D eigenvalue weighted by atomic mass is 35.5. The lowest BCUT2D eigenvalue weighted by Gasteiger charge is -2.47. The van der Waals surface area contributed by atoms with Gasteiger partial charge in [-0.05, 0) is 50.0 Å². The largest absolute Gasteiger partial charge is 0.505 e. The fourth-order valence-corrected chi connectivity index (χ4v) is 5.51. The van der Waals surface area contributed by atoms with Crippen molar-refractivity contribution in [3.63, 3.8) is 0 Å². The fourth-order valence-electron chi connectivity index (χ4n) is 5.26. The Morgan fingerprint density at radius 1 is 1.24 bits per heavy atom. The first kappa shape index (κ1) is 27.3. The number of piperazine rings is 1. The van der Waals surface area contributed by atoms with Crippen LogP contribution in [-0.4, -0.2) is 93.8 Å². The summed E-state index contributed by atoms with van der Waals surface area (Å²) in [5, 5.41) is 21.0. The molecule has 2 fully saturated rings. The van der Waals surface area contributed by atoms with Crippen LogP contribution < -0.4 is 16.0 Å². The number of benzene rings is 1. The quantitative estimate of drug-likeness (QED) is 0.400. The third-order valence-electron chi connectivity index (χ3n) is 7.22. The number of aromatic hydroxyl groups is 1. The Morgan fingerprint density at radius 3 is 2.68 bits per heavy atom. The highest BCUT2D eigenvalue weighted by Crippen LogP contribution is 2.30. The van der Waals surface area contributed by atoms with Crippen LogP contribution in [0.1, 0.15) is 42.2 Å². The fraction of sp³-hybridized carbons (Fsp3) is 0.560. The zero-order valence-electron chi connectivity index (χ0n) is 21.0. The number of carbonyl (C=O) groups excluding carboxylic acids is 1. The molecule has 0 bridgehead atoms. The highest BCUT2D eigenvalue weighted by molar-refractivity contribution is 6.32. The number of aliphatic hydroxyl groups is 1. The molecule has 3 heterocycles. The van der Waals surface area contributed by atoms with Gasteiger partial charge in [0.15, 0.2) is 34.0 Å². The summed E-state index contributed by atoms with van der Waals surface area (Å²) in [5.41, 5.74) is 6.85. The van der Waals surface area contributed by atoms with Gasteiger partial charge in [-0.15, -0.1) is 0 Å². The Hall–Kier alpha value is -2.73. The first-order valence-corrected chi connectivity index (χ1v) is 13.1. The second-order valence-electron chi connectivity index (χ2n) is 9.59. The number of aliphatic hydroxyl groups excluding tert-OH is 1. The van der Waals surface area contributed by atoms with Crippen molar-refractivity contribution < 1.29 is 19.4 Å². The number of halogens is 2. The first-order chi connectivity index (χ1) is 17.8. The molecule has 0 spiro atoms. The van der Waals surface area contributed by atoms with E-state index < -0.39 is 11.7 Å². The van der Waals surface area contributed by atoms with Gasteiger partial charge in [-0.2, -0.15) is 0 Å². The summed E-state index contributed by atoms with van der Waals surface area (Å²) in [5.74, 6) is -0.937. The van der Waals surface area contributed by atoms with E-state index >= 15 is 0 Å². The SMILES string of the molecule is CC[C@H]1CN(c2nc(N)c(C(=O)NCCO)nc2Cl)CCN1C1CCN(Cc2ccc(O)c(F)c2)CC1. The lowest BCUT2D eigenvalue weighted by atomic mass is 9.98. The number of nitrogen functional groups attached to an aromatic ring is 1. The van der Waals surface area contributed by atoms with Gasteiger partial charge in [0.2, 0.25) is 0 Å². The van der Waals surface area contributed by atoms with Gasteiger partial charge in [-0.3, -0.25) is 14.6 Å². The van der Waals surface area contributed by atoms with Crippen LogP contribution in [0.4, 0.5) is 16.0 Å². The van der Waals surface area contributed by atoms with E-state index in [0.29, 0.717) is 31.0 Å². The summed E-state index contributed by atoms with van der Waals surface area (Å²) in [4.78, 5) is 27.8. The number of piperidine rings is 1. The first-order valence-electron chi connectivity index (χ1n) is 12.7. The number of carbonyl (C=O) groups is 1. The van der Waals surface area contributed by atoms with E-state index in [4.69, 9.17) is 22.4 Å². The van der Waals surface area contributed by atoms with E-state index in [1.54, 1.807) is 6.07 Å². The Kier molecular flexibility index (Phi) is 9.01. The summed E-state index contributed by atoms with van der Waals surface area (Å²) in [6, 6.07) is 5.35. The predicted octanol–water partition coefficient (Wildman–Crippen LogP) is 1.84. The number of aromatic nitrogens is 2.